The molecule has 0 amide bonds. The van der Waals surface area contributed by atoms with E-state index in [1.807, 2.05) is 36.5 Å². The summed E-state index contributed by atoms with van der Waals surface area (Å²) in [5.41, 5.74) is 3.95. The number of aromatic nitrogens is 1. The molecule has 27 heavy (non-hydrogen) atoms. The summed E-state index contributed by atoms with van der Waals surface area (Å²) in [7, 11) is 0. The molecule has 0 spiro atoms. The van der Waals surface area contributed by atoms with Crippen molar-refractivity contribution in [3.63, 3.8) is 0 Å². The average Bonchev–Trinajstić information content (AvgIpc) is 3.18. The van der Waals surface area contributed by atoms with E-state index in [1.165, 1.54) is 12.1 Å². The summed E-state index contributed by atoms with van der Waals surface area (Å²) in [6, 6.07) is 14.0. The van der Waals surface area contributed by atoms with Crippen LogP contribution in [-0.2, 0) is 0 Å². The smallest absolute Gasteiger partial charge is 0.269 e. The fourth-order valence-corrected chi connectivity index (χ4v) is 3.11. The van der Waals surface area contributed by atoms with Gasteiger partial charge in [-0.1, -0.05) is 0 Å². The van der Waals surface area contributed by atoms with E-state index in [9.17, 15) is 10.1 Å². The van der Waals surface area contributed by atoms with E-state index in [1.54, 1.807) is 18.3 Å². The van der Waals surface area contributed by atoms with Crippen molar-refractivity contribution < 1.29 is 9.34 Å². The molecule has 4 rings (SSSR count). The average molecular weight is 359 g/mol. The lowest BCUT2D eigenvalue weighted by molar-refractivity contribution is -0.384. The lowest BCUT2D eigenvalue weighted by Gasteiger charge is -2.15. The number of hydrogen-bond donors (Lipinski definition) is 0. The fourth-order valence-electron chi connectivity index (χ4n) is 3.11. The van der Waals surface area contributed by atoms with Crippen molar-refractivity contribution in [3.05, 3.63) is 87.9 Å². The number of furan rings is 1. The second-order valence-electron chi connectivity index (χ2n) is 6.25. The second kappa shape index (κ2) is 7.37. The topological polar surface area (TPSA) is 81.5 Å². The monoisotopic (exact) mass is 359 g/mol. The van der Waals surface area contributed by atoms with Gasteiger partial charge in [0.15, 0.2) is 0 Å². The van der Waals surface area contributed by atoms with Crippen LogP contribution in [0.3, 0.4) is 0 Å². The van der Waals surface area contributed by atoms with E-state index >= 15 is 0 Å². The Bertz CT molecular complexity index is 1020. The molecule has 0 saturated heterocycles. The van der Waals surface area contributed by atoms with Crippen LogP contribution in [0, 0.1) is 10.1 Å². The van der Waals surface area contributed by atoms with Gasteiger partial charge in [0.05, 0.1) is 10.6 Å². The third-order valence-corrected chi connectivity index (χ3v) is 4.42. The zero-order valence-electron chi connectivity index (χ0n) is 14.5. The summed E-state index contributed by atoms with van der Waals surface area (Å²) in [6.07, 6.45) is 7.52. The van der Waals surface area contributed by atoms with E-state index in [4.69, 9.17) is 4.42 Å². The van der Waals surface area contributed by atoms with E-state index in [0.29, 0.717) is 5.76 Å². The molecule has 0 bridgehead atoms. The van der Waals surface area contributed by atoms with Gasteiger partial charge in [-0.3, -0.25) is 20.1 Å². The van der Waals surface area contributed by atoms with Crippen molar-refractivity contribution in [2.24, 2.45) is 4.99 Å². The molecule has 3 aromatic rings. The van der Waals surface area contributed by atoms with Gasteiger partial charge >= 0.3 is 0 Å². The molecule has 0 fully saturated rings. The number of hydrogen-bond acceptors (Lipinski definition) is 5. The Morgan fingerprint density at radius 3 is 2.67 bits per heavy atom. The van der Waals surface area contributed by atoms with Gasteiger partial charge < -0.3 is 4.42 Å². The van der Waals surface area contributed by atoms with Crippen molar-refractivity contribution in [2.45, 2.75) is 12.8 Å². The SMILES string of the molecule is O=[N+]([O-])c1ccc(-c2ccc(/C=C3/CCCN=C3c3cccnc3)o2)cc1. The van der Waals surface area contributed by atoms with E-state index in [0.717, 1.165) is 47.6 Å². The number of benzene rings is 1. The van der Waals surface area contributed by atoms with Crippen molar-refractivity contribution in [1.29, 1.82) is 0 Å². The van der Waals surface area contributed by atoms with Gasteiger partial charge in [0.2, 0.25) is 0 Å². The molecule has 0 aliphatic carbocycles. The van der Waals surface area contributed by atoms with E-state index in [2.05, 4.69) is 9.98 Å². The highest BCUT2D eigenvalue weighted by Gasteiger charge is 2.15. The Morgan fingerprint density at radius 1 is 1.07 bits per heavy atom. The number of aliphatic imine (C=N–C) groups is 1. The third kappa shape index (κ3) is 3.69. The minimum atomic E-state index is -0.413. The van der Waals surface area contributed by atoms with E-state index < -0.39 is 4.92 Å². The predicted molar refractivity (Wildman–Crippen MR) is 104 cm³/mol. The summed E-state index contributed by atoms with van der Waals surface area (Å²) < 4.78 is 5.94. The van der Waals surface area contributed by atoms with Crippen molar-refractivity contribution >= 4 is 17.5 Å². The lowest BCUT2D eigenvalue weighted by atomic mass is 9.96. The lowest BCUT2D eigenvalue weighted by Crippen LogP contribution is -2.11. The Hall–Kier alpha value is -3.54. The van der Waals surface area contributed by atoms with Crippen LogP contribution in [0.4, 0.5) is 5.69 Å². The summed E-state index contributed by atoms with van der Waals surface area (Å²) in [5.74, 6) is 1.41. The van der Waals surface area contributed by atoms with E-state index in [-0.39, 0.29) is 5.69 Å². The van der Waals surface area contributed by atoms with Gasteiger partial charge in [-0.2, -0.15) is 0 Å². The first kappa shape index (κ1) is 16.9. The van der Waals surface area contributed by atoms with Crippen LogP contribution in [0.25, 0.3) is 17.4 Å². The maximum Gasteiger partial charge on any atom is 0.269 e. The van der Waals surface area contributed by atoms with Gasteiger partial charge in [0.25, 0.3) is 5.69 Å². The third-order valence-electron chi connectivity index (χ3n) is 4.42. The molecule has 134 valence electrons. The molecule has 1 aromatic carbocycles. The number of pyridine rings is 1. The Kier molecular flexibility index (Phi) is 4.61. The van der Waals surface area contributed by atoms with Crippen LogP contribution in [-0.4, -0.2) is 22.2 Å². The molecule has 3 heterocycles. The van der Waals surface area contributed by atoms with Gasteiger partial charge in [0, 0.05) is 42.2 Å². The number of nitrogens with zero attached hydrogens (tertiary/aromatic N) is 3. The molecule has 0 saturated carbocycles. The zero-order valence-corrected chi connectivity index (χ0v) is 14.5. The number of nitro groups is 1. The first-order valence-electron chi connectivity index (χ1n) is 8.71. The molecule has 0 unspecified atom stereocenters. The molecular weight excluding hydrogens is 342 g/mol. The molecule has 6 nitrogen and oxygen atoms in total. The fraction of sp³-hybridized carbons (Fsp3) is 0.143. The number of non-ortho nitro benzene ring substituents is 1. The normalized spacial score (nSPS) is 15.6. The number of allylic oxidation sites excluding steroid dienone is 1. The summed E-state index contributed by atoms with van der Waals surface area (Å²) in [6.45, 7) is 0.813. The predicted octanol–water partition coefficient (Wildman–Crippen LogP) is 4.92. The highest BCUT2D eigenvalue weighted by atomic mass is 16.6. The summed E-state index contributed by atoms with van der Waals surface area (Å²) in [4.78, 5) is 19.2. The first-order valence-corrected chi connectivity index (χ1v) is 8.71. The molecule has 1 aliphatic heterocycles. The Morgan fingerprint density at radius 2 is 1.93 bits per heavy atom. The minimum absolute atomic E-state index is 0.0622. The second-order valence-corrected chi connectivity index (χ2v) is 6.25. The molecule has 0 atom stereocenters. The highest BCUT2D eigenvalue weighted by Crippen LogP contribution is 2.27. The quantitative estimate of drug-likeness (QED) is 0.489. The molecule has 6 heteroatoms. The van der Waals surface area contributed by atoms with Crippen LogP contribution < -0.4 is 0 Å². The van der Waals surface area contributed by atoms with Gasteiger partial charge in [-0.15, -0.1) is 0 Å². The summed E-state index contributed by atoms with van der Waals surface area (Å²) >= 11 is 0. The Labute approximate surface area is 156 Å². The maximum atomic E-state index is 10.8. The summed E-state index contributed by atoms with van der Waals surface area (Å²) in [5, 5.41) is 10.8. The first-order chi connectivity index (χ1) is 13.2. The largest absolute Gasteiger partial charge is 0.457 e. The van der Waals surface area contributed by atoms with Gasteiger partial charge in [-0.05, 0) is 60.9 Å². The molecule has 0 radical (unpaired) electrons. The van der Waals surface area contributed by atoms with Crippen LogP contribution in [0.15, 0.2) is 75.9 Å². The van der Waals surface area contributed by atoms with Crippen LogP contribution in [0.1, 0.15) is 24.2 Å². The number of nitro benzene ring substituents is 1. The zero-order chi connectivity index (χ0) is 18.6. The Balaban J connectivity index is 1.62. The maximum absolute atomic E-state index is 10.8. The van der Waals surface area contributed by atoms with Crippen molar-refractivity contribution in [3.8, 4) is 11.3 Å². The van der Waals surface area contributed by atoms with Crippen LogP contribution >= 0.6 is 0 Å². The molecule has 0 N–H and O–H groups in total. The number of rotatable bonds is 4. The molecule has 1 aliphatic rings. The minimum Gasteiger partial charge on any atom is -0.457 e. The van der Waals surface area contributed by atoms with Crippen molar-refractivity contribution in [2.75, 3.05) is 6.54 Å². The standard InChI is InChI=1S/C21H17N3O3/c25-24(26)18-7-5-15(6-8-18)20-10-9-19(27-20)13-16-3-2-12-23-21(16)17-4-1-11-22-14-17/h1,4-11,13-14H,2-3,12H2/b16-13-. The molecule has 2 aromatic heterocycles. The van der Waals surface area contributed by atoms with Crippen LogP contribution in [0.5, 0.6) is 0 Å². The highest BCUT2D eigenvalue weighted by molar-refractivity contribution is 6.15. The van der Waals surface area contributed by atoms with Crippen molar-refractivity contribution in [1.82, 2.24) is 4.98 Å². The van der Waals surface area contributed by atoms with Crippen LogP contribution in [0.2, 0.25) is 0 Å². The van der Waals surface area contributed by atoms with Gasteiger partial charge in [-0.25, -0.2) is 0 Å². The van der Waals surface area contributed by atoms with Gasteiger partial charge in [0.1, 0.15) is 11.5 Å². The molecular formula is C21H17N3O3.